The average Bonchev–Trinajstić information content (AvgIpc) is 3.10. The first kappa shape index (κ1) is 26.5. The van der Waals surface area contributed by atoms with E-state index >= 15 is 0 Å². The van der Waals surface area contributed by atoms with Gasteiger partial charge in [0.25, 0.3) is 0 Å². The standard InChI is InChI=1S/C11H15.C10H15.2ClH.Zr/c1-9-6-7-11(8-9)10-4-2-3-5-10;1-7-6-10(4,5)9(3)8(7)2;;;/h6-8,10H,2-5H2,1H3;1-5H3;2*1H;/q2*-1;;;+4/p-2. The van der Waals surface area contributed by atoms with Crippen molar-refractivity contribution in [2.75, 3.05) is 0 Å². The first-order valence-electron chi connectivity index (χ1n) is 8.34. The minimum Gasteiger partial charge on any atom is -1.00 e. The Hall–Kier alpha value is 0.293. The van der Waals surface area contributed by atoms with Crippen molar-refractivity contribution < 1.29 is 51.0 Å². The van der Waals surface area contributed by atoms with Gasteiger partial charge in [0.1, 0.15) is 0 Å². The minimum absolute atomic E-state index is 0. The normalized spacial score (nSPS) is 18.7. The Bertz CT molecular complexity index is 558. The molecule has 0 N–H and O–H groups in total. The molecule has 1 fully saturated rings. The summed E-state index contributed by atoms with van der Waals surface area (Å²) in [6.07, 6.45) is 9.15. The summed E-state index contributed by atoms with van der Waals surface area (Å²) in [6, 6.07) is 6.87. The van der Waals surface area contributed by atoms with Gasteiger partial charge in [0, 0.05) is 0 Å². The molecule has 1 saturated carbocycles. The third-order valence-electron chi connectivity index (χ3n) is 5.32. The topological polar surface area (TPSA) is 0 Å². The first-order valence-corrected chi connectivity index (χ1v) is 8.34. The zero-order valence-electron chi connectivity index (χ0n) is 15.9. The molecule has 0 bridgehead atoms. The molecule has 0 spiro atoms. The molecule has 0 aromatic heterocycles. The van der Waals surface area contributed by atoms with Gasteiger partial charge in [-0.3, -0.25) is 6.08 Å². The first-order chi connectivity index (χ1) is 9.81. The summed E-state index contributed by atoms with van der Waals surface area (Å²) in [7, 11) is 0. The monoisotopic (exact) mass is 442 g/mol. The van der Waals surface area contributed by atoms with Crippen molar-refractivity contribution in [3.8, 4) is 0 Å². The zero-order chi connectivity index (χ0) is 15.6. The molecule has 0 heterocycles. The van der Waals surface area contributed by atoms with E-state index in [2.05, 4.69) is 65.8 Å². The van der Waals surface area contributed by atoms with Crippen molar-refractivity contribution in [2.24, 2.45) is 5.41 Å². The van der Waals surface area contributed by atoms with Crippen LogP contribution in [0.25, 0.3) is 0 Å². The largest absolute Gasteiger partial charge is 4.00 e. The second kappa shape index (κ2) is 11.1. The molecule has 0 radical (unpaired) electrons. The summed E-state index contributed by atoms with van der Waals surface area (Å²) in [5, 5.41) is 0. The Morgan fingerprint density at radius 3 is 1.92 bits per heavy atom. The maximum absolute atomic E-state index is 3.44. The molecule has 0 atom stereocenters. The van der Waals surface area contributed by atoms with Crippen LogP contribution in [0.15, 0.2) is 34.9 Å². The zero-order valence-corrected chi connectivity index (χ0v) is 19.9. The Balaban J connectivity index is 0. The fraction of sp³-hybridized carbons (Fsp3) is 0.571. The Morgan fingerprint density at radius 1 is 1.08 bits per heavy atom. The van der Waals surface area contributed by atoms with E-state index < -0.39 is 0 Å². The maximum atomic E-state index is 3.44. The van der Waals surface area contributed by atoms with Crippen LogP contribution in [0.2, 0.25) is 0 Å². The fourth-order valence-corrected chi connectivity index (χ4v) is 3.51. The Kier molecular flexibility index (Phi) is 12.3. The second-order valence-corrected chi connectivity index (χ2v) is 7.33. The molecular formula is C21H30Cl2Zr. The molecule has 0 aliphatic heterocycles. The fourth-order valence-electron chi connectivity index (χ4n) is 3.51. The molecule has 2 aliphatic carbocycles. The van der Waals surface area contributed by atoms with Gasteiger partial charge in [0.15, 0.2) is 0 Å². The van der Waals surface area contributed by atoms with Crippen LogP contribution >= 0.6 is 0 Å². The third kappa shape index (κ3) is 6.55. The van der Waals surface area contributed by atoms with Crippen molar-refractivity contribution in [1.29, 1.82) is 0 Å². The number of allylic oxidation sites excluding steroid dienone is 4. The van der Waals surface area contributed by atoms with E-state index in [1.54, 1.807) is 5.56 Å². The van der Waals surface area contributed by atoms with E-state index in [0.717, 1.165) is 5.92 Å². The van der Waals surface area contributed by atoms with Gasteiger partial charge < -0.3 is 24.8 Å². The van der Waals surface area contributed by atoms with Gasteiger partial charge in [-0.25, -0.2) is 11.6 Å². The maximum Gasteiger partial charge on any atom is 4.00 e. The summed E-state index contributed by atoms with van der Waals surface area (Å²) < 4.78 is 0. The number of hydrogen-bond acceptors (Lipinski definition) is 0. The van der Waals surface area contributed by atoms with Crippen LogP contribution in [0.1, 0.15) is 77.3 Å². The molecule has 3 rings (SSSR count). The predicted octanol–water partition coefficient (Wildman–Crippen LogP) is 0.489. The van der Waals surface area contributed by atoms with E-state index in [1.165, 1.54) is 48.0 Å². The van der Waals surface area contributed by atoms with E-state index in [9.17, 15) is 0 Å². The van der Waals surface area contributed by atoms with Gasteiger partial charge in [0.05, 0.1) is 0 Å². The number of aryl methyl sites for hydroxylation is 1. The molecule has 24 heavy (non-hydrogen) atoms. The predicted molar refractivity (Wildman–Crippen MR) is 92.6 cm³/mol. The van der Waals surface area contributed by atoms with Crippen molar-refractivity contribution in [3.63, 3.8) is 0 Å². The van der Waals surface area contributed by atoms with Crippen LogP contribution in [0, 0.1) is 18.4 Å². The molecule has 1 aromatic carbocycles. The van der Waals surface area contributed by atoms with Crippen LogP contribution in [0.5, 0.6) is 0 Å². The van der Waals surface area contributed by atoms with Gasteiger partial charge >= 0.3 is 26.2 Å². The summed E-state index contributed by atoms with van der Waals surface area (Å²) in [5.41, 5.74) is 7.40. The molecule has 1 aromatic rings. The minimum atomic E-state index is 0. The van der Waals surface area contributed by atoms with Crippen LogP contribution in [0.3, 0.4) is 0 Å². The van der Waals surface area contributed by atoms with E-state index in [-0.39, 0.29) is 56.4 Å². The van der Waals surface area contributed by atoms with Crippen LogP contribution < -0.4 is 24.8 Å². The van der Waals surface area contributed by atoms with Gasteiger partial charge in [-0.1, -0.05) is 71.6 Å². The number of hydrogen-bond donors (Lipinski definition) is 0. The molecule has 0 saturated heterocycles. The number of halogens is 2. The van der Waals surface area contributed by atoms with E-state index in [4.69, 9.17) is 0 Å². The van der Waals surface area contributed by atoms with Gasteiger partial charge in [0.2, 0.25) is 0 Å². The molecule has 2 aliphatic rings. The molecular weight excluding hydrogens is 414 g/mol. The molecule has 0 unspecified atom stereocenters. The second-order valence-electron chi connectivity index (χ2n) is 7.33. The van der Waals surface area contributed by atoms with Crippen molar-refractivity contribution in [1.82, 2.24) is 0 Å². The average molecular weight is 445 g/mol. The Labute approximate surface area is 180 Å². The molecule has 132 valence electrons. The summed E-state index contributed by atoms with van der Waals surface area (Å²) >= 11 is 0. The molecule has 0 amide bonds. The smallest absolute Gasteiger partial charge is 1.00 e. The van der Waals surface area contributed by atoms with Crippen molar-refractivity contribution in [2.45, 2.75) is 73.1 Å². The number of rotatable bonds is 1. The van der Waals surface area contributed by atoms with Crippen LogP contribution in [-0.2, 0) is 26.2 Å². The summed E-state index contributed by atoms with van der Waals surface area (Å²) in [6.45, 7) is 13.1. The van der Waals surface area contributed by atoms with Crippen molar-refractivity contribution in [3.05, 3.63) is 52.1 Å². The third-order valence-corrected chi connectivity index (χ3v) is 5.32. The van der Waals surface area contributed by atoms with Gasteiger partial charge in [-0.15, -0.1) is 6.92 Å². The van der Waals surface area contributed by atoms with Crippen LogP contribution in [0.4, 0.5) is 0 Å². The van der Waals surface area contributed by atoms with Crippen molar-refractivity contribution >= 4 is 0 Å². The van der Waals surface area contributed by atoms with E-state index in [1.807, 2.05) is 0 Å². The quantitative estimate of drug-likeness (QED) is 0.553. The van der Waals surface area contributed by atoms with Gasteiger partial charge in [-0.05, 0) is 0 Å². The molecule has 0 nitrogen and oxygen atoms in total. The SMILES string of the molecule is CC1=[C-]C(C)(C)C(C)=C1C.C[c-]1ccc(C2CCCC2)c1.[Cl-].[Cl-].[Zr+4]. The summed E-state index contributed by atoms with van der Waals surface area (Å²) in [4.78, 5) is 0. The Morgan fingerprint density at radius 2 is 1.62 bits per heavy atom. The van der Waals surface area contributed by atoms with E-state index in [0.29, 0.717) is 0 Å². The molecule has 3 heteroatoms. The van der Waals surface area contributed by atoms with Crippen LogP contribution in [-0.4, -0.2) is 0 Å². The van der Waals surface area contributed by atoms with Gasteiger partial charge in [-0.2, -0.15) is 34.4 Å². The summed E-state index contributed by atoms with van der Waals surface area (Å²) in [5.74, 6) is 0.892.